The second kappa shape index (κ2) is 15.4. The summed E-state index contributed by atoms with van der Waals surface area (Å²) in [6.45, 7) is 2.89. The molecule has 1 amide bonds. The third kappa shape index (κ3) is 7.39. The van der Waals surface area contributed by atoms with Gasteiger partial charge in [0.1, 0.15) is 0 Å². The molecule has 0 aliphatic heterocycles. The fourth-order valence-electron chi connectivity index (χ4n) is 6.53. The quantitative estimate of drug-likeness (QED) is 0.103. The maximum atomic E-state index is 14.0. The van der Waals surface area contributed by atoms with E-state index >= 15 is 0 Å². The van der Waals surface area contributed by atoms with Crippen LogP contribution in [0.2, 0.25) is 0 Å². The van der Waals surface area contributed by atoms with Crippen LogP contribution < -0.4 is 10.6 Å². The van der Waals surface area contributed by atoms with Gasteiger partial charge in [-0.05, 0) is 62.1 Å². The molecule has 0 spiro atoms. The highest BCUT2D eigenvalue weighted by atomic mass is 16.2. The summed E-state index contributed by atoms with van der Waals surface area (Å²) < 4.78 is 0. The highest BCUT2D eigenvalue weighted by molar-refractivity contribution is 6.08. The first-order chi connectivity index (χ1) is 24.3. The molecule has 0 unspecified atom stereocenters. The van der Waals surface area contributed by atoms with Crippen LogP contribution in [0.5, 0.6) is 0 Å². The molecule has 0 saturated heterocycles. The highest BCUT2D eigenvalue weighted by Gasteiger charge is 2.17. The number of pyridine rings is 2. The van der Waals surface area contributed by atoms with Crippen LogP contribution in [0, 0.1) is 0 Å². The van der Waals surface area contributed by atoms with Gasteiger partial charge in [0.05, 0.1) is 33.4 Å². The lowest BCUT2D eigenvalue weighted by molar-refractivity contribution is -0.126. The normalized spacial score (nSPS) is 16.0. The predicted octanol–water partition coefficient (Wildman–Crippen LogP) is 9.61. The number of carbonyl (C=O) groups is 1. The van der Waals surface area contributed by atoms with Gasteiger partial charge in [-0.2, -0.15) is 0 Å². The summed E-state index contributed by atoms with van der Waals surface area (Å²) in [6.07, 6.45) is 17.5. The first kappa shape index (κ1) is 31.8. The molecule has 0 bridgehead atoms. The minimum atomic E-state index is 0.0649. The molecule has 2 aromatic heterocycles. The maximum absolute atomic E-state index is 14.0. The summed E-state index contributed by atoms with van der Waals surface area (Å²) in [5.41, 5.74) is 6.85. The number of aromatic nitrogens is 2. The largest absolute Gasteiger partial charge is 0.384 e. The molecule has 4 aromatic carbocycles. The zero-order valence-electron chi connectivity index (χ0n) is 27.7. The van der Waals surface area contributed by atoms with Gasteiger partial charge in [-0.15, -0.1) is 0 Å². The van der Waals surface area contributed by atoms with Gasteiger partial charge in [0.15, 0.2) is 0 Å². The van der Waals surface area contributed by atoms with Crippen molar-refractivity contribution < 1.29 is 4.79 Å². The van der Waals surface area contributed by atoms with E-state index in [1.165, 1.54) is 0 Å². The van der Waals surface area contributed by atoms with E-state index < -0.39 is 0 Å². The summed E-state index contributed by atoms with van der Waals surface area (Å²) in [4.78, 5) is 25.7. The number of nitrogens with one attached hydrogen (secondary N) is 2. The van der Waals surface area contributed by atoms with E-state index in [1.807, 2.05) is 59.5 Å². The predicted molar refractivity (Wildman–Crippen MR) is 206 cm³/mol. The van der Waals surface area contributed by atoms with Crippen molar-refractivity contribution in [2.45, 2.75) is 25.7 Å². The molecule has 6 heteroatoms. The Morgan fingerprint density at radius 1 is 0.571 bits per heavy atom. The topological polar surface area (TPSA) is 70.2 Å². The second-order valence-corrected chi connectivity index (χ2v) is 12.3. The summed E-state index contributed by atoms with van der Waals surface area (Å²) in [7, 11) is 0. The van der Waals surface area contributed by atoms with Crippen molar-refractivity contribution in [2.75, 3.05) is 36.8 Å². The number of allylic oxidation sites excluding steroid dienone is 6. The van der Waals surface area contributed by atoms with E-state index in [1.54, 1.807) is 0 Å². The molecule has 6 nitrogen and oxygen atoms in total. The third-order valence-corrected chi connectivity index (χ3v) is 8.98. The Bertz CT molecular complexity index is 2120. The average molecular weight is 644 g/mol. The minimum Gasteiger partial charge on any atom is -0.384 e. The Morgan fingerprint density at radius 3 is 1.59 bits per heavy atom. The Kier molecular flexibility index (Phi) is 10.0. The fraction of sp³-hybridized carbons (Fsp3) is 0.186. The monoisotopic (exact) mass is 643 g/mol. The van der Waals surface area contributed by atoms with E-state index in [0.29, 0.717) is 18.7 Å². The Balaban J connectivity index is 1.03. The van der Waals surface area contributed by atoms with Crippen molar-refractivity contribution in [1.82, 2.24) is 14.9 Å². The Hall–Kier alpha value is -5.75. The maximum Gasteiger partial charge on any atom is 0.253 e. The average Bonchev–Trinajstić information content (AvgIpc) is 3.29. The molecule has 1 aliphatic rings. The molecule has 2 heterocycles. The zero-order valence-corrected chi connectivity index (χ0v) is 27.7. The minimum absolute atomic E-state index is 0.0649. The first-order valence-corrected chi connectivity index (χ1v) is 17.3. The van der Waals surface area contributed by atoms with Crippen molar-refractivity contribution in [3.8, 4) is 0 Å². The summed E-state index contributed by atoms with van der Waals surface area (Å²) in [5, 5.41) is 11.9. The smallest absolute Gasteiger partial charge is 0.253 e. The van der Waals surface area contributed by atoms with Crippen LogP contribution in [-0.4, -0.2) is 47.0 Å². The number of anilines is 2. The van der Waals surface area contributed by atoms with Gasteiger partial charge in [0.25, 0.3) is 5.91 Å². The van der Waals surface area contributed by atoms with Crippen LogP contribution in [-0.2, 0) is 4.79 Å². The summed E-state index contributed by atoms with van der Waals surface area (Å²) >= 11 is 0. The molecule has 2 N–H and O–H groups in total. The number of hydrogen-bond donors (Lipinski definition) is 2. The number of rotatable bonds is 12. The SMILES string of the molecule is O=C(C1=C/C=C\C\C=C/C=C\1)N(CCCCNc1c2ccccc2nc2ccccc12)CCCNc1c2ccccc2nc2ccccc12. The molecule has 0 radical (unpaired) electrons. The zero-order chi connectivity index (χ0) is 33.3. The molecule has 7 rings (SSSR count). The van der Waals surface area contributed by atoms with Gasteiger partial charge in [-0.1, -0.05) is 103 Å². The van der Waals surface area contributed by atoms with Crippen LogP contribution in [0.3, 0.4) is 0 Å². The van der Waals surface area contributed by atoms with Crippen molar-refractivity contribution in [3.05, 3.63) is 145 Å². The van der Waals surface area contributed by atoms with Crippen molar-refractivity contribution in [2.24, 2.45) is 0 Å². The lowest BCUT2D eigenvalue weighted by atomic mass is 10.1. The van der Waals surface area contributed by atoms with Gasteiger partial charge < -0.3 is 15.5 Å². The molecule has 0 fully saturated rings. The van der Waals surface area contributed by atoms with E-state index in [9.17, 15) is 4.79 Å². The number of unbranched alkanes of at least 4 members (excludes halogenated alkanes) is 1. The third-order valence-electron chi connectivity index (χ3n) is 8.98. The number of benzene rings is 4. The van der Waals surface area contributed by atoms with Crippen molar-refractivity contribution in [1.29, 1.82) is 0 Å². The summed E-state index contributed by atoms with van der Waals surface area (Å²) in [5.74, 6) is 0.0649. The van der Waals surface area contributed by atoms with Gasteiger partial charge in [0.2, 0.25) is 0 Å². The molecule has 244 valence electrons. The van der Waals surface area contributed by atoms with Gasteiger partial charge in [-0.25, -0.2) is 9.97 Å². The van der Waals surface area contributed by atoms with E-state index in [2.05, 4.69) is 95.6 Å². The van der Waals surface area contributed by atoms with E-state index in [0.717, 1.165) is 93.8 Å². The van der Waals surface area contributed by atoms with Gasteiger partial charge in [-0.3, -0.25) is 4.79 Å². The van der Waals surface area contributed by atoms with Gasteiger partial charge >= 0.3 is 0 Å². The number of nitrogens with zero attached hydrogens (tertiary/aromatic N) is 3. The molecule has 6 aromatic rings. The van der Waals surface area contributed by atoms with Crippen LogP contribution >= 0.6 is 0 Å². The van der Waals surface area contributed by atoms with E-state index in [4.69, 9.17) is 9.97 Å². The Morgan fingerprint density at radius 2 is 1.04 bits per heavy atom. The number of hydrogen-bond acceptors (Lipinski definition) is 5. The fourth-order valence-corrected chi connectivity index (χ4v) is 6.53. The number of fused-ring (bicyclic) bond motifs is 4. The van der Waals surface area contributed by atoms with Crippen LogP contribution in [0.25, 0.3) is 43.6 Å². The number of para-hydroxylation sites is 4. The van der Waals surface area contributed by atoms with E-state index in [-0.39, 0.29) is 5.91 Å². The number of carbonyl (C=O) groups excluding carboxylic acids is 1. The highest BCUT2D eigenvalue weighted by Crippen LogP contribution is 2.32. The first-order valence-electron chi connectivity index (χ1n) is 17.3. The molecule has 0 saturated carbocycles. The number of amides is 1. The van der Waals surface area contributed by atoms with Crippen LogP contribution in [0.4, 0.5) is 11.4 Å². The van der Waals surface area contributed by atoms with Crippen LogP contribution in [0.15, 0.2) is 145 Å². The van der Waals surface area contributed by atoms with Crippen molar-refractivity contribution >= 4 is 60.9 Å². The lowest BCUT2D eigenvalue weighted by Crippen LogP contribution is -2.34. The molecule has 1 aliphatic carbocycles. The molecular weight excluding hydrogens is 603 g/mol. The van der Waals surface area contributed by atoms with Crippen molar-refractivity contribution in [3.63, 3.8) is 0 Å². The molecule has 0 atom stereocenters. The summed E-state index contributed by atoms with van der Waals surface area (Å²) in [6, 6.07) is 33.1. The second-order valence-electron chi connectivity index (χ2n) is 12.3. The standard InChI is InChI=1S/C43H41N5O/c49-43(32-18-5-3-1-2-4-6-19-32)48(31-17-29-45-42-35-22-9-13-26-39(35)47-40-27-14-10-23-36(40)42)30-16-15-28-44-41-33-20-7-11-24-37(33)46-38-25-12-8-21-34(38)41/h1,3-14,18-27H,2,15-17,28-31H2,(H,44,46)(H,45,47)/b3-1-,6-4-,18-5-,32-19+. The lowest BCUT2D eigenvalue weighted by Gasteiger charge is -2.24. The van der Waals surface area contributed by atoms with Crippen LogP contribution in [0.1, 0.15) is 25.7 Å². The van der Waals surface area contributed by atoms with Gasteiger partial charge in [0, 0.05) is 53.3 Å². The molecule has 49 heavy (non-hydrogen) atoms. The molecular formula is C43H41N5O. The Labute approximate surface area is 287 Å².